The molecule has 0 amide bonds. The minimum absolute atomic E-state index is 0.0603. The molecule has 0 saturated carbocycles. The van der Waals surface area contributed by atoms with Crippen LogP contribution in [0.5, 0.6) is 0 Å². The van der Waals surface area contributed by atoms with E-state index in [-0.39, 0.29) is 35.7 Å². The van der Waals surface area contributed by atoms with Crippen LogP contribution in [0.1, 0.15) is 32.9 Å². The topological polar surface area (TPSA) is 54.3 Å². The van der Waals surface area contributed by atoms with E-state index in [1.807, 2.05) is 30.3 Å². The molecule has 1 aromatic heterocycles. The summed E-state index contributed by atoms with van der Waals surface area (Å²) >= 11 is 0. The van der Waals surface area contributed by atoms with Gasteiger partial charge in [-0.25, -0.2) is 4.39 Å². The number of carboxylic acid groups (broad SMARTS) is 1. The lowest BCUT2D eigenvalue weighted by atomic mass is 10.1. The summed E-state index contributed by atoms with van der Waals surface area (Å²) in [6.07, 6.45) is -4.67. The zero-order valence-corrected chi connectivity index (χ0v) is 16.0. The summed E-state index contributed by atoms with van der Waals surface area (Å²) in [7, 11) is 0. The first kappa shape index (κ1) is 21.6. The second kappa shape index (κ2) is 8.71. The Morgan fingerprint density at radius 1 is 1.10 bits per heavy atom. The molecule has 3 aromatic rings. The molecule has 0 bridgehead atoms. The number of benzene rings is 2. The zero-order chi connectivity index (χ0) is 21.9. The molecule has 0 fully saturated rings. The first-order valence-corrected chi connectivity index (χ1v) is 9.10. The van der Waals surface area contributed by atoms with E-state index in [1.54, 1.807) is 0 Å². The van der Waals surface area contributed by atoms with Crippen molar-refractivity contribution in [2.75, 3.05) is 6.61 Å². The van der Waals surface area contributed by atoms with Crippen molar-refractivity contribution in [2.45, 2.75) is 26.1 Å². The molecule has 0 unspecified atom stereocenters. The Labute approximate surface area is 170 Å². The molecule has 8 heteroatoms. The number of alkyl halides is 3. The van der Waals surface area contributed by atoms with Gasteiger partial charge < -0.3 is 19.2 Å². The van der Waals surface area contributed by atoms with Crippen LogP contribution in [-0.2, 0) is 23.9 Å². The molecular weight excluding hydrogens is 402 g/mol. The Bertz CT molecular complexity index is 1040. The lowest BCUT2D eigenvalue weighted by molar-refractivity contribution is -0.255. The molecule has 3 rings (SSSR count). The predicted octanol–water partition coefficient (Wildman–Crippen LogP) is 4.07. The van der Waals surface area contributed by atoms with Crippen molar-refractivity contribution in [3.05, 3.63) is 88.5 Å². The van der Waals surface area contributed by atoms with Crippen LogP contribution in [0.4, 0.5) is 17.6 Å². The highest BCUT2D eigenvalue weighted by atomic mass is 19.4. The second-order valence-electron chi connectivity index (χ2n) is 6.71. The summed E-state index contributed by atoms with van der Waals surface area (Å²) in [5.74, 6) is -2.54. The quantitative estimate of drug-likeness (QED) is 0.428. The number of aromatic carboxylic acids is 1. The molecule has 1 heterocycles. The summed E-state index contributed by atoms with van der Waals surface area (Å²) in [4.78, 5) is 11.4. The van der Waals surface area contributed by atoms with E-state index in [9.17, 15) is 27.5 Å². The molecule has 0 radical (unpaired) electrons. The van der Waals surface area contributed by atoms with Gasteiger partial charge in [-0.2, -0.15) is 13.2 Å². The van der Waals surface area contributed by atoms with Crippen LogP contribution in [0.15, 0.2) is 54.6 Å². The smallest absolute Gasteiger partial charge is 0.418 e. The van der Waals surface area contributed by atoms with Crippen LogP contribution in [0, 0.1) is 12.7 Å². The first-order valence-electron chi connectivity index (χ1n) is 9.10. The summed E-state index contributed by atoms with van der Waals surface area (Å²) in [5, 5.41) is 11.4. The molecular formula is C22H18F4NO3-. The lowest BCUT2D eigenvalue weighted by Crippen LogP contribution is -2.23. The molecule has 0 atom stereocenters. The third-order valence-corrected chi connectivity index (χ3v) is 4.66. The fourth-order valence-corrected chi connectivity index (χ4v) is 3.27. The standard InChI is InChI=1S/C22H19F4NO3/c1-14-18(21(28)29)12-17(9-10-30-13-15-5-3-2-4-6-15)27(14)20-8-7-16(23)11-19(20)22(24,25)26/h2-8,11-12H,9-10,13H2,1H3,(H,28,29)/p-1. The number of hydrogen-bond acceptors (Lipinski definition) is 3. The van der Waals surface area contributed by atoms with Crippen molar-refractivity contribution < 1.29 is 32.2 Å². The van der Waals surface area contributed by atoms with Gasteiger partial charge in [0.05, 0.1) is 30.4 Å². The predicted molar refractivity (Wildman–Crippen MR) is 99.6 cm³/mol. The van der Waals surface area contributed by atoms with Crippen molar-refractivity contribution in [1.29, 1.82) is 0 Å². The van der Waals surface area contributed by atoms with Gasteiger partial charge in [0.25, 0.3) is 0 Å². The number of hydrogen-bond donors (Lipinski definition) is 0. The maximum absolute atomic E-state index is 13.5. The SMILES string of the molecule is Cc1c(C(=O)[O-])cc(CCOCc2ccccc2)n1-c1ccc(F)cc1C(F)(F)F. The number of carbonyl (C=O) groups excluding carboxylic acids is 1. The van der Waals surface area contributed by atoms with Crippen molar-refractivity contribution in [2.24, 2.45) is 0 Å². The molecule has 0 aliphatic carbocycles. The monoisotopic (exact) mass is 420 g/mol. The van der Waals surface area contributed by atoms with Gasteiger partial charge in [-0.3, -0.25) is 0 Å². The highest BCUT2D eigenvalue weighted by Crippen LogP contribution is 2.36. The third-order valence-electron chi connectivity index (χ3n) is 4.66. The van der Waals surface area contributed by atoms with Crippen molar-refractivity contribution in [3.8, 4) is 5.69 Å². The average molecular weight is 420 g/mol. The van der Waals surface area contributed by atoms with Crippen molar-refractivity contribution in [1.82, 2.24) is 4.57 Å². The largest absolute Gasteiger partial charge is 0.545 e. The number of aromatic nitrogens is 1. The first-order chi connectivity index (χ1) is 14.2. The Morgan fingerprint density at radius 3 is 2.43 bits per heavy atom. The van der Waals surface area contributed by atoms with Crippen molar-refractivity contribution in [3.63, 3.8) is 0 Å². The second-order valence-corrected chi connectivity index (χ2v) is 6.71. The van der Waals surface area contributed by atoms with Gasteiger partial charge in [-0.15, -0.1) is 0 Å². The number of nitrogens with zero attached hydrogens (tertiary/aromatic N) is 1. The molecule has 0 saturated heterocycles. The van der Waals surface area contributed by atoms with E-state index < -0.39 is 23.5 Å². The van der Waals surface area contributed by atoms with E-state index in [0.717, 1.165) is 17.7 Å². The van der Waals surface area contributed by atoms with Crippen LogP contribution in [0.25, 0.3) is 5.69 Å². The number of carbonyl (C=O) groups is 1. The number of rotatable bonds is 7. The van der Waals surface area contributed by atoms with Gasteiger partial charge in [-0.1, -0.05) is 30.3 Å². The Morgan fingerprint density at radius 2 is 1.80 bits per heavy atom. The highest BCUT2D eigenvalue weighted by Gasteiger charge is 2.35. The van der Waals surface area contributed by atoms with Gasteiger partial charge in [0, 0.05) is 23.4 Å². The molecule has 4 nitrogen and oxygen atoms in total. The van der Waals surface area contributed by atoms with Crippen LogP contribution in [0.2, 0.25) is 0 Å². The molecule has 0 aliphatic rings. The number of carboxylic acids is 1. The van der Waals surface area contributed by atoms with Gasteiger partial charge >= 0.3 is 6.18 Å². The summed E-state index contributed by atoms with van der Waals surface area (Å²) in [6, 6.07) is 12.9. The Hall–Kier alpha value is -3.13. The lowest BCUT2D eigenvalue weighted by Gasteiger charge is -2.18. The Kier molecular flexibility index (Phi) is 6.26. The van der Waals surface area contributed by atoms with Crippen LogP contribution < -0.4 is 5.11 Å². The molecule has 0 aliphatic heterocycles. The zero-order valence-electron chi connectivity index (χ0n) is 16.0. The molecule has 0 N–H and O–H groups in total. The van der Waals surface area contributed by atoms with E-state index in [2.05, 4.69) is 0 Å². The van der Waals surface area contributed by atoms with E-state index in [4.69, 9.17) is 4.74 Å². The van der Waals surface area contributed by atoms with Crippen LogP contribution >= 0.6 is 0 Å². The summed E-state index contributed by atoms with van der Waals surface area (Å²) in [5.41, 5.74) is -0.505. The fraction of sp³-hybridized carbons (Fsp3) is 0.227. The minimum Gasteiger partial charge on any atom is -0.545 e. The van der Waals surface area contributed by atoms with Crippen LogP contribution in [-0.4, -0.2) is 17.1 Å². The van der Waals surface area contributed by atoms with Gasteiger partial charge in [0.1, 0.15) is 5.82 Å². The van der Waals surface area contributed by atoms with E-state index in [1.165, 1.54) is 17.6 Å². The minimum atomic E-state index is -4.82. The third kappa shape index (κ3) is 4.71. The maximum Gasteiger partial charge on any atom is 0.418 e. The maximum atomic E-state index is 13.5. The molecule has 158 valence electrons. The van der Waals surface area contributed by atoms with Gasteiger partial charge in [0.15, 0.2) is 0 Å². The normalized spacial score (nSPS) is 11.6. The summed E-state index contributed by atoms with van der Waals surface area (Å²) in [6.45, 7) is 1.83. The molecule has 0 spiro atoms. The van der Waals surface area contributed by atoms with Crippen LogP contribution in [0.3, 0.4) is 0 Å². The fourth-order valence-electron chi connectivity index (χ4n) is 3.27. The Balaban J connectivity index is 1.94. The van der Waals surface area contributed by atoms with E-state index >= 15 is 0 Å². The van der Waals surface area contributed by atoms with Gasteiger partial charge in [-0.05, 0) is 36.8 Å². The highest BCUT2D eigenvalue weighted by molar-refractivity contribution is 5.88. The molecule has 30 heavy (non-hydrogen) atoms. The number of ether oxygens (including phenoxy) is 1. The van der Waals surface area contributed by atoms with Gasteiger partial charge in [0.2, 0.25) is 0 Å². The summed E-state index contributed by atoms with van der Waals surface area (Å²) < 4.78 is 60.8. The van der Waals surface area contributed by atoms with Crippen molar-refractivity contribution >= 4 is 5.97 Å². The number of halogens is 4. The average Bonchev–Trinajstić information content (AvgIpc) is 3.02. The van der Waals surface area contributed by atoms with E-state index in [0.29, 0.717) is 12.7 Å². The molecule has 2 aromatic carbocycles.